The van der Waals surface area contributed by atoms with E-state index >= 15 is 0 Å². The lowest BCUT2D eigenvalue weighted by atomic mass is 10.2. The first-order valence-electron chi connectivity index (χ1n) is 9.55. The molecule has 0 radical (unpaired) electrons. The highest BCUT2D eigenvalue weighted by atomic mass is 35.5. The second kappa shape index (κ2) is 7.84. The summed E-state index contributed by atoms with van der Waals surface area (Å²) in [6.45, 7) is 2.96. The van der Waals surface area contributed by atoms with Crippen LogP contribution in [0.25, 0.3) is 5.65 Å². The van der Waals surface area contributed by atoms with E-state index in [1.165, 1.54) is 38.6 Å². The molecule has 0 aromatic carbocycles. The average Bonchev–Trinajstić information content (AvgIpc) is 3.37. The number of aromatic nitrogens is 2. The largest absolute Gasteiger partial charge is 0.352 e. The summed E-state index contributed by atoms with van der Waals surface area (Å²) in [5.74, 6) is 0.846. The lowest BCUT2D eigenvalue weighted by Crippen LogP contribution is -2.45. The number of nitrogens with one attached hydrogen (secondary N) is 2. The summed E-state index contributed by atoms with van der Waals surface area (Å²) >= 11 is 6.03. The molecule has 1 unspecified atom stereocenters. The maximum absolute atomic E-state index is 6.03. The molecule has 0 amide bonds. The summed E-state index contributed by atoms with van der Waals surface area (Å²) in [5.41, 5.74) is 1.87. The molecule has 0 bridgehead atoms. The van der Waals surface area contributed by atoms with Crippen LogP contribution in [0, 0.1) is 0 Å². The van der Waals surface area contributed by atoms with Gasteiger partial charge in [0.15, 0.2) is 5.96 Å². The third-order valence-electron chi connectivity index (χ3n) is 5.53. The predicted octanol–water partition coefficient (Wildman–Crippen LogP) is 2.67. The summed E-state index contributed by atoms with van der Waals surface area (Å²) in [7, 11) is 1.82. The van der Waals surface area contributed by atoms with E-state index < -0.39 is 0 Å². The van der Waals surface area contributed by atoms with Crippen molar-refractivity contribution in [2.24, 2.45) is 4.99 Å². The molecule has 0 spiro atoms. The SMILES string of the molecule is CN=C(NCc1cn2cc(Cl)ccc2n1)NC1CCN(C2CCCC2)C1. The number of nitrogens with zero attached hydrogens (tertiary/aromatic N) is 4. The first-order chi connectivity index (χ1) is 12.7. The van der Waals surface area contributed by atoms with Crippen molar-refractivity contribution in [2.75, 3.05) is 20.1 Å². The third-order valence-corrected chi connectivity index (χ3v) is 5.75. The van der Waals surface area contributed by atoms with Crippen LogP contribution in [0.4, 0.5) is 0 Å². The van der Waals surface area contributed by atoms with Crippen molar-refractivity contribution in [2.45, 2.75) is 50.7 Å². The molecule has 2 fully saturated rings. The second-order valence-electron chi connectivity index (χ2n) is 7.33. The fraction of sp³-hybridized carbons (Fsp3) is 0.579. The molecule has 7 heteroatoms. The Morgan fingerprint density at radius 3 is 2.92 bits per heavy atom. The molecule has 1 aliphatic heterocycles. The van der Waals surface area contributed by atoms with Gasteiger partial charge in [0.25, 0.3) is 0 Å². The van der Waals surface area contributed by atoms with Crippen LogP contribution in [0.2, 0.25) is 5.02 Å². The van der Waals surface area contributed by atoms with Gasteiger partial charge in [0.1, 0.15) is 5.65 Å². The van der Waals surface area contributed by atoms with E-state index in [0.717, 1.165) is 29.9 Å². The Balaban J connectivity index is 1.30. The number of hydrogen-bond donors (Lipinski definition) is 2. The minimum atomic E-state index is 0.474. The standard InChI is InChI=1S/C19H27ClN6/c1-21-19(24-15-8-9-25(12-15)17-4-2-3-5-17)22-10-16-13-26-11-14(20)6-7-18(26)23-16/h6-7,11,13,15,17H,2-5,8-10,12H2,1H3,(H2,21,22,24). The number of likely N-dealkylation sites (tertiary alicyclic amines) is 1. The van der Waals surface area contributed by atoms with Crippen LogP contribution in [0.1, 0.15) is 37.8 Å². The Bertz CT molecular complexity index is 779. The minimum Gasteiger partial charge on any atom is -0.352 e. The molecule has 4 rings (SSSR count). The lowest BCUT2D eigenvalue weighted by molar-refractivity contribution is 0.242. The van der Waals surface area contributed by atoms with Crippen LogP contribution in [-0.2, 0) is 6.54 Å². The Morgan fingerprint density at radius 1 is 1.27 bits per heavy atom. The van der Waals surface area contributed by atoms with Gasteiger partial charge in [-0.2, -0.15) is 0 Å². The van der Waals surface area contributed by atoms with Crippen molar-refractivity contribution in [3.8, 4) is 0 Å². The van der Waals surface area contributed by atoms with E-state index in [0.29, 0.717) is 17.6 Å². The summed E-state index contributed by atoms with van der Waals surface area (Å²) < 4.78 is 1.95. The zero-order valence-corrected chi connectivity index (χ0v) is 16.0. The Labute approximate surface area is 159 Å². The summed E-state index contributed by atoms with van der Waals surface area (Å²) in [6, 6.07) is 5.07. The van der Waals surface area contributed by atoms with Crippen molar-refractivity contribution < 1.29 is 0 Å². The smallest absolute Gasteiger partial charge is 0.191 e. The monoisotopic (exact) mass is 374 g/mol. The highest BCUT2D eigenvalue weighted by Gasteiger charge is 2.30. The third kappa shape index (κ3) is 3.96. The number of hydrogen-bond acceptors (Lipinski definition) is 3. The molecule has 2 aromatic rings. The molecule has 2 N–H and O–H groups in total. The lowest BCUT2D eigenvalue weighted by Gasteiger charge is -2.24. The molecule has 3 heterocycles. The molecule has 2 aromatic heterocycles. The Morgan fingerprint density at radius 2 is 2.12 bits per heavy atom. The van der Waals surface area contributed by atoms with E-state index in [4.69, 9.17) is 11.6 Å². The van der Waals surface area contributed by atoms with Gasteiger partial charge in [0, 0.05) is 44.6 Å². The highest BCUT2D eigenvalue weighted by Crippen LogP contribution is 2.26. The van der Waals surface area contributed by atoms with Crippen molar-refractivity contribution in [1.29, 1.82) is 0 Å². The first kappa shape index (κ1) is 17.6. The maximum Gasteiger partial charge on any atom is 0.191 e. The molecule has 26 heavy (non-hydrogen) atoms. The van der Waals surface area contributed by atoms with Crippen LogP contribution < -0.4 is 10.6 Å². The molecule has 1 aliphatic carbocycles. The number of pyridine rings is 1. The van der Waals surface area contributed by atoms with Gasteiger partial charge >= 0.3 is 0 Å². The fourth-order valence-corrected chi connectivity index (χ4v) is 4.34. The van der Waals surface area contributed by atoms with Crippen LogP contribution in [-0.4, -0.2) is 52.5 Å². The van der Waals surface area contributed by atoms with Crippen molar-refractivity contribution in [1.82, 2.24) is 24.9 Å². The molecule has 6 nitrogen and oxygen atoms in total. The van der Waals surface area contributed by atoms with Gasteiger partial charge < -0.3 is 15.0 Å². The number of guanidine groups is 1. The van der Waals surface area contributed by atoms with Gasteiger partial charge in [-0.05, 0) is 31.4 Å². The fourth-order valence-electron chi connectivity index (χ4n) is 4.17. The van der Waals surface area contributed by atoms with E-state index in [9.17, 15) is 0 Å². The van der Waals surface area contributed by atoms with E-state index in [1.807, 2.05) is 36.0 Å². The van der Waals surface area contributed by atoms with Gasteiger partial charge in [0.2, 0.25) is 0 Å². The molecule has 1 atom stereocenters. The number of fused-ring (bicyclic) bond motifs is 1. The van der Waals surface area contributed by atoms with Crippen LogP contribution in [0.3, 0.4) is 0 Å². The molecule has 140 valence electrons. The van der Waals surface area contributed by atoms with E-state index in [1.54, 1.807) is 0 Å². The van der Waals surface area contributed by atoms with E-state index in [-0.39, 0.29) is 0 Å². The predicted molar refractivity (Wildman–Crippen MR) is 106 cm³/mol. The first-order valence-corrected chi connectivity index (χ1v) is 9.93. The topological polar surface area (TPSA) is 57.0 Å². The Hall–Kier alpha value is -1.79. The average molecular weight is 375 g/mol. The minimum absolute atomic E-state index is 0.474. The number of halogens is 1. The normalized spacial score (nSPS) is 22.4. The summed E-state index contributed by atoms with van der Waals surface area (Å²) in [5, 5.41) is 7.67. The van der Waals surface area contributed by atoms with Gasteiger partial charge in [-0.25, -0.2) is 4.98 Å². The van der Waals surface area contributed by atoms with Crippen molar-refractivity contribution in [3.63, 3.8) is 0 Å². The van der Waals surface area contributed by atoms with Gasteiger partial charge in [-0.1, -0.05) is 24.4 Å². The number of rotatable bonds is 4. The molecule has 2 aliphatic rings. The van der Waals surface area contributed by atoms with Crippen molar-refractivity contribution >= 4 is 23.2 Å². The van der Waals surface area contributed by atoms with Crippen LogP contribution in [0.5, 0.6) is 0 Å². The quantitative estimate of drug-likeness (QED) is 0.638. The summed E-state index contributed by atoms with van der Waals surface area (Å²) in [4.78, 5) is 11.6. The Kier molecular flexibility index (Phi) is 5.31. The van der Waals surface area contributed by atoms with Gasteiger partial charge in [-0.3, -0.25) is 9.89 Å². The van der Waals surface area contributed by atoms with Crippen LogP contribution in [0.15, 0.2) is 29.5 Å². The molecular formula is C19H27ClN6. The second-order valence-corrected chi connectivity index (χ2v) is 7.77. The van der Waals surface area contributed by atoms with Crippen LogP contribution >= 0.6 is 11.6 Å². The zero-order chi connectivity index (χ0) is 17.9. The number of imidazole rings is 1. The number of aliphatic imine (C=N–C) groups is 1. The summed E-state index contributed by atoms with van der Waals surface area (Å²) in [6.07, 6.45) is 10.6. The van der Waals surface area contributed by atoms with Gasteiger partial charge in [-0.15, -0.1) is 0 Å². The zero-order valence-electron chi connectivity index (χ0n) is 15.3. The molecular weight excluding hydrogens is 348 g/mol. The van der Waals surface area contributed by atoms with Crippen molar-refractivity contribution in [3.05, 3.63) is 35.2 Å². The van der Waals surface area contributed by atoms with Gasteiger partial charge in [0.05, 0.1) is 17.3 Å². The highest BCUT2D eigenvalue weighted by molar-refractivity contribution is 6.30. The molecule has 1 saturated heterocycles. The maximum atomic E-state index is 6.03. The van der Waals surface area contributed by atoms with E-state index in [2.05, 4.69) is 25.5 Å². The molecule has 1 saturated carbocycles.